The van der Waals surface area contributed by atoms with E-state index in [9.17, 15) is 15.0 Å². The molecule has 2 aliphatic rings. The zero-order valence-electron chi connectivity index (χ0n) is 24.5. The molecule has 2 N–H and O–H groups in total. The van der Waals surface area contributed by atoms with Crippen molar-refractivity contribution >= 4 is 6.03 Å². The van der Waals surface area contributed by atoms with Crippen LogP contribution in [-0.2, 0) is 35.4 Å². The van der Waals surface area contributed by atoms with E-state index in [0.29, 0.717) is 25.9 Å². The van der Waals surface area contributed by atoms with Crippen LogP contribution in [0.1, 0.15) is 36.1 Å². The molecule has 6 rings (SSSR count). The van der Waals surface area contributed by atoms with Crippen molar-refractivity contribution in [2.24, 2.45) is 0 Å². The van der Waals surface area contributed by atoms with Gasteiger partial charge in [0.25, 0.3) is 0 Å². The molecule has 2 saturated heterocycles. The first-order valence-corrected chi connectivity index (χ1v) is 14.8. The van der Waals surface area contributed by atoms with Crippen LogP contribution in [0.25, 0.3) is 0 Å². The summed E-state index contributed by atoms with van der Waals surface area (Å²) in [6.07, 6.45) is 0.0539. The molecule has 0 unspecified atom stereocenters. The molecule has 2 fully saturated rings. The molecular formula is C36H38N2O5. The van der Waals surface area contributed by atoms with Gasteiger partial charge in [-0.25, -0.2) is 4.79 Å². The maximum absolute atomic E-state index is 14.9. The third-order valence-electron chi connectivity index (χ3n) is 8.32. The highest BCUT2D eigenvalue weighted by molar-refractivity contribution is 5.76. The minimum Gasteiger partial charge on any atom is -0.508 e. The summed E-state index contributed by atoms with van der Waals surface area (Å²) in [6.45, 7) is 4.62. The molecule has 2 heterocycles. The number of fused-ring (bicyclic) bond motifs is 1. The van der Waals surface area contributed by atoms with Crippen LogP contribution in [0.3, 0.4) is 0 Å². The van der Waals surface area contributed by atoms with Crippen LogP contribution in [0.2, 0.25) is 0 Å². The summed E-state index contributed by atoms with van der Waals surface area (Å²) in [5.74, 6) is -0.513. The van der Waals surface area contributed by atoms with Gasteiger partial charge in [0.05, 0.1) is 12.1 Å². The smallest absolute Gasteiger partial charge is 0.321 e. The highest BCUT2D eigenvalue weighted by Gasteiger charge is 2.55. The fraction of sp³-hybridized carbons (Fsp3) is 0.306. The third-order valence-corrected chi connectivity index (χ3v) is 8.32. The lowest BCUT2D eigenvalue weighted by molar-refractivity contribution is -0.157. The summed E-state index contributed by atoms with van der Waals surface area (Å²) in [5.41, 5.74) is 3.84. The van der Waals surface area contributed by atoms with Gasteiger partial charge in [-0.3, -0.25) is 0 Å². The first-order chi connectivity index (χ1) is 20.8. The fourth-order valence-corrected chi connectivity index (χ4v) is 6.45. The predicted octanol–water partition coefficient (Wildman–Crippen LogP) is 6.28. The van der Waals surface area contributed by atoms with Gasteiger partial charge in [-0.05, 0) is 73.2 Å². The van der Waals surface area contributed by atoms with Crippen molar-refractivity contribution in [3.8, 4) is 11.5 Å². The molecule has 7 nitrogen and oxygen atoms in total. The predicted molar refractivity (Wildman–Crippen MR) is 164 cm³/mol. The SMILES string of the molecule is CC1(C)O[C@@H]2[C@@H](O1)[C@@H](Cc1cccc(O)c1)N(Cc1ccccc1)C(=O)N(Cc1ccccc1)[C@@H]2Cc1cccc(O)c1. The van der Waals surface area contributed by atoms with Gasteiger partial charge in [-0.1, -0.05) is 84.9 Å². The van der Waals surface area contributed by atoms with E-state index in [-0.39, 0.29) is 29.6 Å². The molecule has 0 aromatic heterocycles. The first-order valence-electron chi connectivity index (χ1n) is 14.8. The second kappa shape index (κ2) is 12.1. The Morgan fingerprint density at radius 2 is 1.00 bits per heavy atom. The molecule has 0 aliphatic carbocycles. The van der Waals surface area contributed by atoms with Crippen molar-refractivity contribution in [1.29, 1.82) is 0 Å². The van der Waals surface area contributed by atoms with E-state index in [4.69, 9.17) is 9.47 Å². The van der Waals surface area contributed by atoms with E-state index in [1.54, 1.807) is 24.3 Å². The van der Waals surface area contributed by atoms with Crippen LogP contribution < -0.4 is 0 Å². The quantitative estimate of drug-likeness (QED) is 0.257. The van der Waals surface area contributed by atoms with Crippen molar-refractivity contribution in [3.63, 3.8) is 0 Å². The molecule has 0 spiro atoms. The molecule has 0 bridgehead atoms. The number of phenolic OH excluding ortho intramolecular Hbond substituents is 2. The van der Waals surface area contributed by atoms with E-state index < -0.39 is 18.0 Å². The Morgan fingerprint density at radius 3 is 1.40 bits per heavy atom. The Morgan fingerprint density at radius 1 is 0.605 bits per heavy atom. The monoisotopic (exact) mass is 578 g/mol. The Kier molecular flexibility index (Phi) is 8.10. The van der Waals surface area contributed by atoms with E-state index in [0.717, 1.165) is 22.3 Å². The zero-order chi connectivity index (χ0) is 30.0. The van der Waals surface area contributed by atoms with Crippen LogP contribution >= 0.6 is 0 Å². The Bertz CT molecular complexity index is 1430. The van der Waals surface area contributed by atoms with Crippen molar-refractivity contribution < 1.29 is 24.5 Å². The standard InChI is InChI=1S/C36H38N2O5/c1-36(2)42-33-31(21-27-15-9-17-29(39)19-27)37(23-25-11-5-3-6-12-25)35(41)38(24-26-13-7-4-8-14-26)32(34(33)43-36)22-28-16-10-18-30(40)20-28/h3-20,31-34,39-40H,21-24H2,1-2H3/t31-,32-,33+,34+/m1/s1. The summed E-state index contributed by atoms with van der Waals surface area (Å²) in [5, 5.41) is 20.6. The molecule has 2 aliphatic heterocycles. The summed E-state index contributed by atoms with van der Waals surface area (Å²) < 4.78 is 13.4. The Hall–Kier alpha value is -4.33. The number of phenols is 2. The van der Waals surface area contributed by atoms with Crippen LogP contribution in [-0.4, -0.2) is 56.1 Å². The molecular weight excluding hydrogens is 540 g/mol. The lowest BCUT2D eigenvalue weighted by atomic mass is 9.90. The minimum atomic E-state index is -0.874. The van der Waals surface area contributed by atoms with Crippen molar-refractivity contribution in [2.75, 3.05) is 0 Å². The number of amides is 2. The van der Waals surface area contributed by atoms with Gasteiger partial charge >= 0.3 is 6.03 Å². The first kappa shape index (κ1) is 28.8. The number of hydrogen-bond donors (Lipinski definition) is 2. The van der Waals surface area contributed by atoms with Crippen molar-refractivity contribution in [2.45, 2.75) is 69.9 Å². The van der Waals surface area contributed by atoms with Crippen molar-refractivity contribution in [1.82, 2.24) is 9.80 Å². The number of nitrogens with zero attached hydrogens (tertiary/aromatic N) is 2. The van der Waals surface area contributed by atoms with Gasteiger partial charge in [-0.15, -0.1) is 0 Å². The third kappa shape index (κ3) is 6.53. The zero-order valence-corrected chi connectivity index (χ0v) is 24.5. The van der Waals surface area contributed by atoms with Gasteiger partial charge in [0.1, 0.15) is 23.7 Å². The second-order valence-electron chi connectivity index (χ2n) is 12.0. The van der Waals surface area contributed by atoms with Gasteiger partial charge in [-0.2, -0.15) is 0 Å². The van der Waals surface area contributed by atoms with E-state index in [1.165, 1.54) is 0 Å². The molecule has 4 aromatic carbocycles. The van der Waals surface area contributed by atoms with Crippen LogP contribution in [0.15, 0.2) is 109 Å². The average molecular weight is 579 g/mol. The summed E-state index contributed by atoms with van der Waals surface area (Å²) in [4.78, 5) is 18.8. The summed E-state index contributed by atoms with van der Waals surface area (Å²) >= 11 is 0. The number of ether oxygens (including phenoxy) is 2. The number of rotatable bonds is 8. The summed E-state index contributed by atoms with van der Waals surface area (Å²) in [6, 6.07) is 33.5. The molecule has 0 radical (unpaired) electrons. The number of benzene rings is 4. The maximum atomic E-state index is 14.9. The molecule has 222 valence electrons. The lowest BCUT2D eigenvalue weighted by Crippen LogP contribution is -2.51. The Balaban J connectivity index is 1.49. The summed E-state index contributed by atoms with van der Waals surface area (Å²) in [7, 11) is 0. The van der Waals surface area contributed by atoms with E-state index in [1.807, 2.05) is 109 Å². The molecule has 2 amide bonds. The fourth-order valence-electron chi connectivity index (χ4n) is 6.45. The maximum Gasteiger partial charge on any atom is 0.321 e. The topological polar surface area (TPSA) is 82.5 Å². The van der Waals surface area contributed by atoms with Crippen LogP contribution in [0, 0.1) is 0 Å². The van der Waals surface area contributed by atoms with E-state index >= 15 is 0 Å². The number of aromatic hydroxyl groups is 2. The van der Waals surface area contributed by atoms with Gasteiger partial charge < -0.3 is 29.5 Å². The number of carbonyl (C=O) groups is 1. The highest BCUT2D eigenvalue weighted by Crippen LogP contribution is 2.40. The normalized spacial score (nSPS) is 23.2. The Labute approximate surface area is 252 Å². The number of urea groups is 1. The molecule has 0 saturated carbocycles. The largest absolute Gasteiger partial charge is 0.508 e. The van der Waals surface area contributed by atoms with E-state index in [2.05, 4.69) is 0 Å². The highest BCUT2D eigenvalue weighted by atomic mass is 16.8. The van der Waals surface area contributed by atoms with Crippen molar-refractivity contribution in [3.05, 3.63) is 131 Å². The van der Waals surface area contributed by atoms with Gasteiger partial charge in [0.15, 0.2) is 5.79 Å². The lowest BCUT2D eigenvalue weighted by Gasteiger charge is -2.37. The molecule has 7 heteroatoms. The number of carbonyl (C=O) groups excluding carboxylic acids is 1. The van der Waals surface area contributed by atoms with Gasteiger partial charge in [0, 0.05) is 13.1 Å². The second-order valence-corrected chi connectivity index (χ2v) is 12.0. The molecule has 4 aromatic rings. The average Bonchev–Trinajstić information content (AvgIpc) is 3.29. The molecule has 43 heavy (non-hydrogen) atoms. The van der Waals surface area contributed by atoms with Crippen LogP contribution in [0.4, 0.5) is 4.79 Å². The van der Waals surface area contributed by atoms with Crippen LogP contribution in [0.5, 0.6) is 11.5 Å². The minimum absolute atomic E-state index is 0.109. The van der Waals surface area contributed by atoms with Gasteiger partial charge in [0.2, 0.25) is 0 Å². The molecule has 4 atom stereocenters. The number of hydrogen-bond acceptors (Lipinski definition) is 5.